The summed E-state index contributed by atoms with van der Waals surface area (Å²) < 4.78 is 0. The molecule has 0 aromatic heterocycles. The van der Waals surface area contributed by atoms with Crippen LogP contribution >= 0.6 is 11.6 Å². The van der Waals surface area contributed by atoms with E-state index >= 15 is 0 Å². The van der Waals surface area contributed by atoms with Gasteiger partial charge in [0.1, 0.15) is 5.75 Å². The number of phenols is 1. The molecule has 20 heavy (non-hydrogen) atoms. The number of benzene rings is 2. The molecule has 5 heteroatoms. The lowest BCUT2D eigenvalue weighted by atomic mass is 10.1. The molecule has 0 spiro atoms. The van der Waals surface area contributed by atoms with Crippen LogP contribution in [0.3, 0.4) is 0 Å². The lowest BCUT2D eigenvalue weighted by Gasteiger charge is -2.05. The number of carbonyl (C=O) groups excluding carboxylic acids is 1. The van der Waals surface area contributed by atoms with Crippen molar-refractivity contribution in [3.8, 4) is 5.75 Å². The highest BCUT2D eigenvalue weighted by atomic mass is 35.5. The fraction of sp³-hybridized carbons (Fsp3) is 0.0667. The van der Waals surface area contributed by atoms with Gasteiger partial charge in [0.25, 0.3) is 5.91 Å². The van der Waals surface area contributed by atoms with Crippen molar-refractivity contribution in [3.63, 3.8) is 0 Å². The van der Waals surface area contributed by atoms with Crippen molar-refractivity contribution in [1.82, 2.24) is 5.43 Å². The molecular formula is C15H13ClN2O2. The maximum atomic E-state index is 11.9. The van der Waals surface area contributed by atoms with Crippen LogP contribution in [0.4, 0.5) is 0 Å². The van der Waals surface area contributed by atoms with Gasteiger partial charge in [-0.25, -0.2) is 5.43 Å². The van der Waals surface area contributed by atoms with E-state index in [1.165, 1.54) is 12.1 Å². The van der Waals surface area contributed by atoms with E-state index in [0.29, 0.717) is 10.7 Å². The van der Waals surface area contributed by atoms with Gasteiger partial charge < -0.3 is 5.11 Å². The van der Waals surface area contributed by atoms with Gasteiger partial charge in [-0.2, -0.15) is 5.10 Å². The number of para-hydroxylation sites is 1. The van der Waals surface area contributed by atoms with Crippen LogP contribution in [0.5, 0.6) is 5.75 Å². The first-order valence-corrected chi connectivity index (χ1v) is 6.35. The first-order valence-electron chi connectivity index (χ1n) is 5.97. The average molecular weight is 289 g/mol. The zero-order valence-corrected chi connectivity index (χ0v) is 11.6. The molecule has 0 aliphatic rings. The van der Waals surface area contributed by atoms with E-state index in [1.54, 1.807) is 25.1 Å². The summed E-state index contributed by atoms with van der Waals surface area (Å²) in [5.41, 5.74) is 3.89. The summed E-state index contributed by atoms with van der Waals surface area (Å²) in [4.78, 5) is 11.9. The Morgan fingerprint density at radius 2 is 1.70 bits per heavy atom. The number of hydrogen-bond acceptors (Lipinski definition) is 3. The number of aromatic hydroxyl groups is 1. The van der Waals surface area contributed by atoms with Crippen LogP contribution in [0, 0.1) is 0 Å². The highest BCUT2D eigenvalue weighted by Crippen LogP contribution is 2.17. The summed E-state index contributed by atoms with van der Waals surface area (Å²) in [6.07, 6.45) is 0. The lowest BCUT2D eigenvalue weighted by Crippen LogP contribution is -2.19. The van der Waals surface area contributed by atoms with E-state index in [-0.39, 0.29) is 11.3 Å². The van der Waals surface area contributed by atoms with Gasteiger partial charge in [0.05, 0.1) is 11.3 Å². The third-order valence-corrected chi connectivity index (χ3v) is 3.07. The van der Waals surface area contributed by atoms with Crippen LogP contribution in [0.25, 0.3) is 0 Å². The van der Waals surface area contributed by atoms with Crippen LogP contribution in [0.15, 0.2) is 53.6 Å². The van der Waals surface area contributed by atoms with Gasteiger partial charge in [-0.3, -0.25) is 4.79 Å². The molecule has 1 amide bonds. The largest absolute Gasteiger partial charge is 0.507 e. The minimum Gasteiger partial charge on any atom is -0.507 e. The number of hydrazone groups is 1. The summed E-state index contributed by atoms with van der Waals surface area (Å²) in [6, 6.07) is 13.5. The first kappa shape index (κ1) is 14.1. The monoisotopic (exact) mass is 288 g/mol. The predicted octanol–water partition coefficient (Wildman–Crippen LogP) is 3.20. The number of hydrogen-bond donors (Lipinski definition) is 2. The van der Waals surface area contributed by atoms with Crippen LogP contribution in [0.2, 0.25) is 5.02 Å². The summed E-state index contributed by atoms with van der Waals surface area (Å²) >= 11 is 6.04. The highest BCUT2D eigenvalue weighted by molar-refractivity contribution is 6.34. The molecule has 0 unspecified atom stereocenters. The second kappa shape index (κ2) is 6.21. The van der Waals surface area contributed by atoms with Gasteiger partial charge in [-0.05, 0) is 25.1 Å². The standard InChI is InChI=1S/C15H13ClN2O2/c1-10(11-6-2-4-8-13(11)16)17-18-15(20)12-7-3-5-9-14(12)19/h2-9,19H,1H3,(H,18,20)/b17-10+. The third kappa shape index (κ3) is 3.16. The molecule has 2 rings (SSSR count). The average Bonchev–Trinajstić information content (AvgIpc) is 2.45. The van der Waals surface area contributed by atoms with Gasteiger partial charge in [0, 0.05) is 10.6 Å². The molecular weight excluding hydrogens is 276 g/mol. The second-order valence-electron chi connectivity index (χ2n) is 4.14. The molecule has 0 saturated carbocycles. The van der Waals surface area contributed by atoms with Crippen molar-refractivity contribution in [2.24, 2.45) is 5.10 Å². The van der Waals surface area contributed by atoms with E-state index in [2.05, 4.69) is 10.5 Å². The highest BCUT2D eigenvalue weighted by Gasteiger charge is 2.09. The number of nitrogens with zero attached hydrogens (tertiary/aromatic N) is 1. The number of carbonyl (C=O) groups is 1. The van der Waals surface area contributed by atoms with Crippen LogP contribution in [0.1, 0.15) is 22.8 Å². The molecule has 0 aliphatic carbocycles. The topological polar surface area (TPSA) is 61.7 Å². The predicted molar refractivity (Wildman–Crippen MR) is 79.2 cm³/mol. The van der Waals surface area contributed by atoms with E-state index in [0.717, 1.165) is 5.56 Å². The number of halogens is 1. The molecule has 2 aromatic carbocycles. The summed E-state index contributed by atoms with van der Waals surface area (Å²) in [7, 11) is 0. The number of phenolic OH excluding ortho intramolecular Hbond substituents is 1. The van der Waals surface area contributed by atoms with Gasteiger partial charge in [-0.15, -0.1) is 0 Å². The summed E-state index contributed by atoms with van der Waals surface area (Å²) in [5.74, 6) is -0.565. The molecule has 102 valence electrons. The van der Waals surface area contributed by atoms with Crippen LogP contribution in [-0.2, 0) is 0 Å². The van der Waals surface area contributed by atoms with E-state index in [1.807, 2.05) is 18.2 Å². The van der Waals surface area contributed by atoms with Crippen molar-refractivity contribution in [1.29, 1.82) is 0 Å². The maximum Gasteiger partial charge on any atom is 0.275 e. The fourth-order valence-electron chi connectivity index (χ4n) is 1.68. The zero-order valence-electron chi connectivity index (χ0n) is 10.8. The van der Waals surface area contributed by atoms with E-state index in [9.17, 15) is 9.90 Å². The second-order valence-corrected chi connectivity index (χ2v) is 4.54. The smallest absolute Gasteiger partial charge is 0.275 e. The van der Waals surface area contributed by atoms with Crippen molar-refractivity contribution in [2.75, 3.05) is 0 Å². The molecule has 0 bridgehead atoms. The lowest BCUT2D eigenvalue weighted by molar-refractivity contribution is 0.0952. The quantitative estimate of drug-likeness (QED) is 0.673. The Kier molecular flexibility index (Phi) is 4.38. The van der Waals surface area contributed by atoms with E-state index < -0.39 is 5.91 Å². The minimum atomic E-state index is -0.477. The zero-order chi connectivity index (χ0) is 14.5. The van der Waals surface area contributed by atoms with Crippen molar-refractivity contribution >= 4 is 23.2 Å². The first-order chi connectivity index (χ1) is 9.59. The third-order valence-electron chi connectivity index (χ3n) is 2.74. The molecule has 0 fully saturated rings. The number of nitrogens with one attached hydrogen (secondary N) is 1. The van der Waals surface area contributed by atoms with Crippen LogP contribution in [-0.4, -0.2) is 16.7 Å². The molecule has 4 nitrogen and oxygen atoms in total. The minimum absolute atomic E-state index is 0.0874. The van der Waals surface area contributed by atoms with Crippen molar-refractivity contribution in [2.45, 2.75) is 6.92 Å². The molecule has 2 aromatic rings. The Morgan fingerprint density at radius 3 is 2.35 bits per heavy atom. The number of amides is 1. The summed E-state index contributed by atoms with van der Waals surface area (Å²) in [5, 5.41) is 14.1. The molecule has 0 radical (unpaired) electrons. The molecule has 0 aliphatic heterocycles. The van der Waals surface area contributed by atoms with Gasteiger partial charge in [-0.1, -0.05) is 41.9 Å². The van der Waals surface area contributed by atoms with Gasteiger partial charge >= 0.3 is 0 Å². The Labute approximate surface area is 121 Å². The van der Waals surface area contributed by atoms with Gasteiger partial charge in [0.15, 0.2) is 0 Å². The molecule has 0 saturated heterocycles. The Bertz CT molecular complexity index is 668. The number of rotatable bonds is 3. The van der Waals surface area contributed by atoms with Crippen molar-refractivity contribution < 1.29 is 9.90 Å². The fourth-order valence-corrected chi connectivity index (χ4v) is 1.95. The van der Waals surface area contributed by atoms with Crippen LogP contribution < -0.4 is 5.43 Å². The Hall–Kier alpha value is -2.33. The normalized spacial score (nSPS) is 11.2. The maximum absolute atomic E-state index is 11.9. The van der Waals surface area contributed by atoms with Gasteiger partial charge in [0.2, 0.25) is 0 Å². The Morgan fingerprint density at radius 1 is 1.10 bits per heavy atom. The van der Waals surface area contributed by atoms with Crippen molar-refractivity contribution in [3.05, 3.63) is 64.7 Å². The molecule has 2 N–H and O–H groups in total. The summed E-state index contributed by atoms with van der Waals surface area (Å²) in [6.45, 7) is 1.74. The Balaban J connectivity index is 2.16. The van der Waals surface area contributed by atoms with E-state index in [4.69, 9.17) is 11.6 Å². The SMILES string of the molecule is C/C(=N\NC(=O)c1ccccc1O)c1ccccc1Cl. The molecule has 0 heterocycles. The molecule has 0 atom stereocenters.